The first kappa shape index (κ1) is 42.7. The van der Waals surface area contributed by atoms with Gasteiger partial charge in [0, 0.05) is 68.8 Å². The van der Waals surface area contributed by atoms with E-state index in [1.54, 1.807) is 25.3 Å². The number of ether oxygens (including phenoxy) is 2. The summed E-state index contributed by atoms with van der Waals surface area (Å²) in [7, 11) is -0.952. The predicted molar refractivity (Wildman–Crippen MR) is 234 cm³/mol. The summed E-state index contributed by atoms with van der Waals surface area (Å²) >= 11 is 6.47. The van der Waals surface area contributed by atoms with Crippen molar-refractivity contribution >= 4 is 82.4 Å². The second kappa shape index (κ2) is 17.8. The number of piperidine rings is 2. The lowest BCUT2D eigenvalue weighted by Gasteiger charge is -2.43. The molecule has 4 aliphatic heterocycles. The van der Waals surface area contributed by atoms with Gasteiger partial charge < -0.3 is 34.5 Å². The van der Waals surface area contributed by atoms with Gasteiger partial charge in [-0.15, -0.1) is 0 Å². The average molecular weight is 884 g/mol. The first-order valence-corrected chi connectivity index (χ1v) is 23.4. The summed E-state index contributed by atoms with van der Waals surface area (Å²) in [5, 5.41) is 9.68. The maximum Gasteiger partial charge on any atom is 0.262 e. The number of piperazine rings is 1. The fourth-order valence-electron chi connectivity index (χ4n) is 8.39. The summed E-state index contributed by atoms with van der Waals surface area (Å²) in [5.74, 6) is -0.954. The molecule has 4 aromatic rings. The van der Waals surface area contributed by atoms with Crippen molar-refractivity contribution in [3.8, 4) is 11.5 Å². The zero-order chi connectivity index (χ0) is 43.7. The Hall–Kier alpha value is -6.03. The number of carbonyl (C=O) groups excluding carboxylic acids is 5. The SMILES string of the molecule is COc1cc(N2CCC(N3CCN(C(=O)COc4ccc5c(c4)C(=O)N(C4CCC(=O)NC4=O)C5=O)CC3)CC2)ccc1Nc1ncc(Cl)c(Nc2ccccc2P(C)(C)=O)n1. The van der Waals surface area contributed by atoms with Gasteiger partial charge in [0.1, 0.15) is 29.7 Å². The van der Waals surface area contributed by atoms with Crippen LogP contribution in [0.15, 0.2) is 66.9 Å². The Morgan fingerprint density at radius 3 is 2.35 bits per heavy atom. The van der Waals surface area contributed by atoms with Crippen LogP contribution in [0.4, 0.5) is 28.8 Å². The minimum atomic E-state index is -2.57. The number of halogens is 1. The highest BCUT2D eigenvalue weighted by molar-refractivity contribution is 7.70. The number of para-hydroxylation sites is 1. The number of benzene rings is 3. The van der Waals surface area contributed by atoms with Crippen LogP contribution in [-0.4, -0.2) is 133 Å². The van der Waals surface area contributed by atoms with Gasteiger partial charge in [-0.1, -0.05) is 23.7 Å². The van der Waals surface area contributed by atoms with E-state index in [0.29, 0.717) is 58.3 Å². The Morgan fingerprint density at radius 1 is 0.887 bits per heavy atom. The van der Waals surface area contributed by atoms with E-state index in [2.05, 4.69) is 35.7 Å². The molecule has 3 N–H and O–H groups in total. The first-order chi connectivity index (χ1) is 29.8. The fourth-order valence-corrected chi connectivity index (χ4v) is 9.69. The number of anilines is 5. The van der Waals surface area contributed by atoms with E-state index in [4.69, 9.17) is 21.1 Å². The molecule has 3 aromatic carbocycles. The number of rotatable bonds is 12. The lowest BCUT2D eigenvalue weighted by atomic mass is 10.0. The minimum absolute atomic E-state index is 0.0342. The van der Waals surface area contributed by atoms with Crippen molar-refractivity contribution in [3.63, 3.8) is 0 Å². The lowest BCUT2D eigenvalue weighted by Crippen LogP contribution is -2.55. The maximum atomic E-state index is 13.2. The molecule has 4 aliphatic rings. The van der Waals surface area contributed by atoms with Crippen molar-refractivity contribution in [3.05, 3.63) is 83.0 Å². The van der Waals surface area contributed by atoms with Gasteiger partial charge in [0.05, 0.1) is 35.8 Å². The number of nitrogens with zero attached hydrogens (tertiary/aromatic N) is 6. The van der Waals surface area contributed by atoms with Gasteiger partial charge >= 0.3 is 0 Å². The first-order valence-electron chi connectivity index (χ1n) is 20.4. The number of aromatic nitrogens is 2. The Kier molecular flexibility index (Phi) is 12.2. The maximum absolute atomic E-state index is 13.2. The van der Waals surface area contributed by atoms with Gasteiger partial charge in [0.2, 0.25) is 17.8 Å². The molecule has 19 heteroatoms. The molecule has 0 saturated carbocycles. The number of hydrogen-bond donors (Lipinski definition) is 3. The lowest BCUT2D eigenvalue weighted by molar-refractivity contribution is -0.137. The van der Waals surface area contributed by atoms with Crippen LogP contribution >= 0.6 is 18.7 Å². The van der Waals surface area contributed by atoms with Crippen LogP contribution in [0, 0.1) is 0 Å². The van der Waals surface area contributed by atoms with Gasteiger partial charge in [-0.2, -0.15) is 4.98 Å². The summed E-state index contributed by atoms with van der Waals surface area (Å²) < 4.78 is 24.5. The molecule has 1 aromatic heterocycles. The quantitative estimate of drug-likeness (QED) is 0.133. The Bertz CT molecular complexity index is 2480. The normalized spacial score (nSPS) is 18.7. The van der Waals surface area contributed by atoms with E-state index in [0.717, 1.165) is 49.6 Å². The van der Waals surface area contributed by atoms with E-state index in [1.807, 2.05) is 42.5 Å². The number of carbonyl (C=O) groups is 5. The van der Waals surface area contributed by atoms with Crippen LogP contribution in [-0.2, 0) is 18.9 Å². The van der Waals surface area contributed by atoms with Crippen LogP contribution in [0.3, 0.4) is 0 Å². The monoisotopic (exact) mass is 883 g/mol. The Labute approximate surface area is 363 Å². The highest BCUT2D eigenvalue weighted by Crippen LogP contribution is 2.39. The highest BCUT2D eigenvalue weighted by Gasteiger charge is 2.45. The standard InChI is InChI=1S/C43H47ClN9O8P/c1-60-35-22-27(8-11-32(35)47-43-45-24-31(44)39(49-43)46-33-6-4-5-7-36(33)62(2,3)59)50-16-14-26(15-17-50)51-18-20-52(21-19-51)38(55)25-61-28-9-10-29-30(23-28)42(58)53(41(29)57)34-12-13-37(54)48-40(34)56/h4-11,22-24,26,34H,12-21,25H2,1-3H3,(H,48,54,56)(H2,45,46,47,49). The minimum Gasteiger partial charge on any atom is -0.494 e. The number of amides is 5. The molecule has 62 heavy (non-hydrogen) atoms. The Balaban J connectivity index is 0.806. The topological polar surface area (TPSA) is 196 Å². The number of methoxy groups -OCH3 is 1. The molecule has 1 atom stereocenters. The summed E-state index contributed by atoms with van der Waals surface area (Å²) in [5.41, 5.74) is 2.62. The molecule has 1 unspecified atom stereocenters. The van der Waals surface area contributed by atoms with E-state index >= 15 is 0 Å². The Morgan fingerprint density at radius 2 is 1.63 bits per heavy atom. The van der Waals surface area contributed by atoms with Crippen LogP contribution in [0.2, 0.25) is 5.02 Å². The highest BCUT2D eigenvalue weighted by atomic mass is 35.5. The van der Waals surface area contributed by atoms with Gasteiger partial charge in [-0.25, -0.2) is 4.98 Å². The van der Waals surface area contributed by atoms with Crippen LogP contribution < -0.4 is 35.6 Å². The van der Waals surface area contributed by atoms with Crippen molar-refractivity contribution in [1.82, 2.24) is 30.0 Å². The zero-order valence-corrected chi connectivity index (χ0v) is 36.2. The molecule has 5 heterocycles. The molecule has 3 fully saturated rings. The van der Waals surface area contributed by atoms with Gasteiger partial charge in [-0.05, 0) is 75.1 Å². The van der Waals surface area contributed by atoms with E-state index in [9.17, 15) is 28.5 Å². The fraction of sp³-hybridized carbons (Fsp3) is 0.372. The molecular formula is C43H47ClN9O8P. The van der Waals surface area contributed by atoms with Gasteiger partial charge in [-0.3, -0.25) is 39.1 Å². The van der Waals surface area contributed by atoms with Crippen LogP contribution in [0.25, 0.3) is 0 Å². The van der Waals surface area contributed by atoms with Gasteiger partial charge in [0.15, 0.2) is 12.4 Å². The second-order valence-electron chi connectivity index (χ2n) is 16.0. The third-order valence-corrected chi connectivity index (χ3v) is 13.5. The third kappa shape index (κ3) is 8.96. The molecule has 17 nitrogen and oxygen atoms in total. The van der Waals surface area contributed by atoms with Crippen molar-refractivity contribution in [2.24, 2.45) is 0 Å². The smallest absolute Gasteiger partial charge is 0.262 e. The molecule has 324 valence electrons. The predicted octanol–water partition coefficient (Wildman–Crippen LogP) is 4.47. The molecule has 8 rings (SSSR count). The third-order valence-electron chi connectivity index (χ3n) is 11.7. The molecule has 0 radical (unpaired) electrons. The van der Waals surface area contributed by atoms with E-state index < -0.39 is 36.8 Å². The molecule has 0 bridgehead atoms. The zero-order valence-electron chi connectivity index (χ0n) is 34.6. The number of nitrogens with one attached hydrogen (secondary N) is 3. The number of hydrogen-bond acceptors (Lipinski definition) is 14. The number of fused-ring (bicyclic) bond motifs is 1. The van der Waals surface area contributed by atoms with Crippen molar-refractivity contribution in [2.45, 2.75) is 37.8 Å². The summed E-state index contributed by atoms with van der Waals surface area (Å²) in [6, 6.07) is 17.1. The molecule has 0 aliphatic carbocycles. The second-order valence-corrected chi connectivity index (χ2v) is 19.6. The average Bonchev–Trinajstić information content (AvgIpc) is 3.51. The van der Waals surface area contributed by atoms with E-state index in [1.165, 1.54) is 24.4 Å². The summed E-state index contributed by atoms with van der Waals surface area (Å²) in [6.07, 6.45) is 3.53. The van der Waals surface area contributed by atoms with Crippen molar-refractivity contribution in [2.75, 3.05) is 81.8 Å². The molecule has 5 amide bonds. The summed E-state index contributed by atoms with van der Waals surface area (Å²) in [4.78, 5) is 79.8. The van der Waals surface area contributed by atoms with Gasteiger partial charge in [0.25, 0.3) is 17.7 Å². The molecular weight excluding hydrogens is 837 g/mol. The van der Waals surface area contributed by atoms with Crippen molar-refractivity contribution < 1.29 is 38.0 Å². The number of imide groups is 2. The summed E-state index contributed by atoms with van der Waals surface area (Å²) in [6.45, 7) is 7.53. The molecule has 0 spiro atoms. The molecule has 3 saturated heterocycles. The largest absolute Gasteiger partial charge is 0.494 e. The van der Waals surface area contributed by atoms with Crippen LogP contribution in [0.1, 0.15) is 46.4 Å². The van der Waals surface area contributed by atoms with Crippen molar-refractivity contribution in [1.29, 1.82) is 0 Å². The van der Waals surface area contributed by atoms with Crippen LogP contribution in [0.5, 0.6) is 11.5 Å². The van der Waals surface area contributed by atoms with E-state index in [-0.39, 0.29) is 42.2 Å².